The van der Waals surface area contributed by atoms with Gasteiger partial charge >= 0.3 is 0 Å². The van der Waals surface area contributed by atoms with Gasteiger partial charge in [0.05, 0.1) is 19.9 Å². The maximum Gasteiger partial charge on any atom is 0.163 e. The highest BCUT2D eigenvalue weighted by atomic mass is 16.5. The van der Waals surface area contributed by atoms with E-state index < -0.39 is 0 Å². The van der Waals surface area contributed by atoms with E-state index in [2.05, 4.69) is 71.5 Å². The zero-order chi connectivity index (χ0) is 29.4. The monoisotopic (exact) mass is 572 g/mol. The Morgan fingerprint density at radius 1 is 0.976 bits per heavy atom. The lowest BCUT2D eigenvalue weighted by Crippen LogP contribution is -2.50. The van der Waals surface area contributed by atoms with Crippen LogP contribution in [0.5, 0.6) is 11.5 Å². The van der Waals surface area contributed by atoms with Gasteiger partial charge in [-0.25, -0.2) is 4.98 Å². The van der Waals surface area contributed by atoms with Crippen molar-refractivity contribution in [3.63, 3.8) is 0 Å². The van der Waals surface area contributed by atoms with Crippen LogP contribution in [-0.2, 0) is 11.8 Å². The first-order chi connectivity index (χ1) is 20.6. The maximum atomic E-state index is 5.76. The van der Waals surface area contributed by atoms with Crippen molar-refractivity contribution in [2.24, 2.45) is 0 Å². The molecule has 2 unspecified atom stereocenters. The quantitative estimate of drug-likeness (QED) is 0.227. The summed E-state index contributed by atoms with van der Waals surface area (Å²) in [6.45, 7) is 8.92. The molecule has 0 bridgehead atoms. The molecule has 2 heterocycles. The van der Waals surface area contributed by atoms with Crippen molar-refractivity contribution in [2.75, 3.05) is 40.4 Å². The van der Waals surface area contributed by atoms with Gasteiger partial charge in [-0.2, -0.15) is 0 Å². The van der Waals surface area contributed by atoms with Gasteiger partial charge in [-0.05, 0) is 69.1 Å². The Bertz CT molecular complexity index is 1250. The molecular formula is C36H52N4O2. The second-order valence-corrected chi connectivity index (χ2v) is 12.4. The molecule has 6 heteroatoms. The molecule has 2 aliphatic rings. The van der Waals surface area contributed by atoms with Crippen LogP contribution < -0.4 is 14.8 Å². The third-order valence-electron chi connectivity index (χ3n) is 10.00. The van der Waals surface area contributed by atoms with E-state index in [-0.39, 0.29) is 5.41 Å². The maximum absolute atomic E-state index is 5.76. The van der Waals surface area contributed by atoms with Gasteiger partial charge in [0, 0.05) is 49.2 Å². The summed E-state index contributed by atoms with van der Waals surface area (Å²) < 4.78 is 11.3. The summed E-state index contributed by atoms with van der Waals surface area (Å²) >= 11 is 0. The third kappa shape index (κ3) is 6.70. The fourth-order valence-electron chi connectivity index (χ4n) is 7.69. The minimum absolute atomic E-state index is 0.141. The highest BCUT2D eigenvalue weighted by Crippen LogP contribution is 2.44. The number of benzene rings is 2. The fraction of sp³-hybridized carbons (Fsp3) is 0.583. The molecule has 5 rings (SSSR count). The summed E-state index contributed by atoms with van der Waals surface area (Å²) in [7, 11) is 3.46. The molecule has 42 heavy (non-hydrogen) atoms. The van der Waals surface area contributed by atoms with Gasteiger partial charge in [0.15, 0.2) is 11.5 Å². The number of aromatic amines is 1. The van der Waals surface area contributed by atoms with E-state index in [9.17, 15) is 0 Å². The van der Waals surface area contributed by atoms with E-state index in [1.165, 1.54) is 60.4 Å². The number of aromatic nitrogens is 2. The average molecular weight is 573 g/mol. The number of para-hydroxylation sites is 1. The summed E-state index contributed by atoms with van der Waals surface area (Å²) in [5.41, 5.74) is 5.00. The Balaban J connectivity index is 1.46. The summed E-state index contributed by atoms with van der Waals surface area (Å²) in [5.74, 6) is 3.47. The number of piperazine rings is 1. The fourth-order valence-corrected chi connectivity index (χ4v) is 7.69. The Kier molecular flexibility index (Phi) is 10.6. The number of nitrogens with zero attached hydrogens (tertiary/aromatic N) is 2. The van der Waals surface area contributed by atoms with Crippen molar-refractivity contribution in [1.29, 1.82) is 0 Å². The first kappa shape index (κ1) is 30.6. The van der Waals surface area contributed by atoms with Crippen molar-refractivity contribution in [3.05, 3.63) is 76.9 Å². The van der Waals surface area contributed by atoms with Gasteiger partial charge in [0.2, 0.25) is 0 Å². The molecule has 3 aromatic rings. The van der Waals surface area contributed by atoms with E-state index in [4.69, 9.17) is 14.5 Å². The van der Waals surface area contributed by atoms with Crippen molar-refractivity contribution in [2.45, 2.75) is 95.4 Å². The van der Waals surface area contributed by atoms with E-state index >= 15 is 0 Å². The molecule has 2 N–H and O–H groups in total. The van der Waals surface area contributed by atoms with E-state index in [0.29, 0.717) is 12.0 Å². The van der Waals surface area contributed by atoms with Crippen LogP contribution in [0.15, 0.2) is 48.5 Å². The van der Waals surface area contributed by atoms with Crippen LogP contribution in [0, 0.1) is 6.92 Å². The molecule has 2 atom stereocenters. The van der Waals surface area contributed by atoms with Crippen LogP contribution in [0.4, 0.5) is 0 Å². The summed E-state index contributed by atoms with van der Waals surface area (Å²) in [4.78, 5) is 12.1. The number of H-pyrrole nitrogens is 1. The molecule has 228 valence electrons. The molecule has 1 saturated carbocycles. The van der Waals surface area contributed by atoms with Crippen LogP contribution in [0.1, 0.15) is 99.0 Å². The molecule has 1 aliphatic carbocycles. The van der Waals surface area contributed by atoms with Gasteiger partial charge in [-0.3, -0.25) is 4.90 Å². The highest BCUT2D eigenvalue weighted by molar-refractivity contribution is 5.46. The topological polar surface area (TPSA) is 62.4 Å². The number of imidazole rings is 1. The second kappa shape index (κ2) is 14.6. The number of hydrogen-bond acceptors (Lipinski definition) is 5. The minimum Gasteiger partial charge on any atom is -0.493 e. The molecule has 2 aromatic carbocycles. The smallest absolute Gasteiger partial charge is 0.163 e. The molecule has 6 nitrogen and oxygen atoms in total. The second-order valence-electron chi connectivity index (χ2n) is 12.4. The van der Waals surface area contributed by atoms with E-state index in [0.717, 1.165) is 69.8 Å². The van der Waals surface area contributed by atoms with Gasteiger partial charge in [0.25, 0.3) is 0 Å². The number of hydrogen-bond donors (Lipinski definition) is 2. The van der Waals surface area contributed by atoms with Gasteiger partial charge in [-0.15, -0.1) is 0 Å². The van der Waals surface area contributed by atoms with Gasteiger partial charge < -0.3 is 19.8 Å². The number of nitrogens with one attached hydrogen (secondary N) is 2. The van der Waals surface area contributed by atoms with Crippen molar-refractivity contribution in [3.8, 4) is 11.5 Å². The third-order valence-corrected chi connectivity index (χ3v) is 10.00. The summed E-state index contributed by atoms with van der Waals surface area (Å²) in [5, 5.41) is 3.58. The molecule has 1 saturated heterocycles. The van der Waals surface area contributed by atoms with Gasteiger partial charge in [-0.1, -0.05) is 68.7 Å². The average Bonchev–Trinajstić information content (AvgIpc) is 3.45. The SMILES string of the molecule is CCC(CC(CCCc1cccc(OC)c1OC)N1CCNCC1)(c1ccccc1)c1nc(C2CCCCC2)[nH]c1C. The number of ether oxygens (including phenoxy) is 2. The Hall–Kier alpha value is -2.83. The predicted octanol–water partition coefficient (Wildman–Crippen LogP) is 7.17. The highest BCUT2D eigenvalue weighted by Gasteiger charge is 2.40. The normalized spacial score (nSPS) is 18.9. The zero-order valence-corrected chi connectivity index (χ0v) is 26.4. The Morgan fingerprint density at radius 2 is 1.74 bits per heavy atom. The molecule has 0 amide bonds. The predicted molar refractivity (Wildman–Crippen MR) is 172 cm³/mol. The summed E-state index contributed by atoms with van der Waals surface area (Å²) in [6, 6.07) is 17.9. The molecule has 0 radical (unpaired) electrons. The Labute approximate surface area is 253 Å². The van der Waals surface area contributed by atoms with E-state index in [1.54, 1.807) is 14.2 Å². The number of rotatable bonds is 13. The molecule has 0 spiro atoms. The first-order valence-electron chi connectivity index (χ1n) is 16.4. The molecule has 1 aromatic heterocycles. The van der Waals surface area contributed by atoms with Gasteiger partial charge in [0.1, 0.15) is 5.82 Å². The summed E-state index contributed by atoms with van der Waals surface area (Å²) in [6.07, 6.45) is 11.8. The van der Waals surface area contributed by atoms with Crippen LogP contribution >= 0.6 is 0 Å². The molecular weight excluding hydrogens is 520 g/mol. The lowest BCUT2D eigenvalue weighted by molar-refractivity contribution is 0.135. The van der Waals surface area contributed by atoms with Crippen molar-refractivity contribution >= 4 is 0 Å². The van der Waals surface area contributed by atoms with Crippen molar-refractivity contribution in [1.82, 2.24) is 20.2 Å². The molecule has 2 fully saturated rings. The Morgan fingerprint density at radius 3 is 2.43 bits per heavy atom. The standard InChI is InChI=1S/C36H52N4O2/c1-5-36(30-18-10-7-11-19-30,34-27(2)38-35(39-34)29-14-8-6-9-15-29)26-31(40-24-22-37-23-25-40)20-12-16-28-17-13-21-32(41-3)33(28)42-4/h7,10-11,13,17-19,21,29,31,37H,5-6,8-9,12,14-16,20,22-26H2,1-4H3,(H,38,39). The van der Waals surface area contributed by atoms with Crippen molar-refractivity contribution < 1.29 is 9.47 Å². The number of methoxy groups -OCH3 is 2. The largest absolute Gasteiger partial charge is 0.493 e. The minimum atomic E-state index is -0.141. The first-order valence-corrected chi connectivity index (χ1v) is 16.4. The van der Waals surface area contributed by atoms with Crippen LogP contribution in [0.3, 0.4) is 0 Å². The lowest BCUT2D eigenvalue weighted by Gasteiger charge is -2.42. The lowest BCUT2D eigenvalue weighted by atomic mass is 9.69. The molecule has 1 aliphatic heterocycles. The zero-order valence-electron chi connectivity index (χ0n) is 26.4. The van der Waals surface area contributed by atoms with Crippen LogP contribution in [-0.4, -0.2) is 61.3 Å². The number of aryl methyl sites for hydroxylation is 2. The van der Waals surface area contributed by atoms with Crippen LogP contribution in [0.25, 0.3) is 0 Å². The van der Waals surface area contributed by atoms with E-state index in [1.807, 2.05) is 6.07 Å². The van der Waals surface area contributed by atoms with Crippen LogP contribution in [0.2, 0.25) is 0 Å².